The highest BCUT2D eigenvalue weighted by molar-refractivity contribution is 6.43. The van der Waals surface area contributed by atoms with Crippen molar-refractivity contribution in [3.8, 4) is 0 Å². The first-order valence-corrected chi connectivity index (χ1v) is 4.62. The van der Waals surface area contributed by atoms with Gasteiger partial charge >= 0.3 is 0 Å². The number of Topliss-reactive ketones (excluding diaryl/α,β-unsaturated/α-hetero) is 1. The minimum absolute atomic E-state index is 0.0248. The van der Waals surface area contributed by atoms with E-state index in [-0.39, 0.29) is 16.9 Å². The van der Waals surface area contributed by atoms with Crippen molar-refractivity contribution in [3.05, 3.63) is 0 Å². The number of aliphatic hydroxyl groups excluding tert-OH is 1. The number of hydrogen-bond acceptors (Lipinski definition) is 3. The number of ketones is 1. The van der Waals surface area contributed by atoms with Crippen LogP contribution in [-0.4, -0.2) is 28.6 Å². The maximum absolute atomic E-state index is 11.5. The van der Waals surface area contributed by atoms with Gasteiger partial charge in [0.2, 0.25) is 5.91 Å². The molecule has 1 saturated carbocycles. The van der Waals surface area contributed by atoms with Crippen molar-refractivity contribution in [1.82, 2.24) is 0 Å². The molecule has 0 spiro atoms. The molecule has 0 aromatic heterocycles. The number of rotatable bonds is 0. The fraction of sp³-hybridized carbons (Fsp3) is 0.700. The van der Waals surface area contributed by atoms with Gasteiger partial charge in [0.15, 0.2) is 5.78 Å². The Bertz CT molecular complexity index is 304. The van der Waals surface area contributed by atoms with Gasteiger partial charge in [-0.25, -0.2) is 4.99 Å². The molecule has 1 atom stereocenters. The summed E-state index contributed by atoms with van der Waals surface area (Å²) in [5.41, 5.74) is -0.177. The average molecular weight is 197 g/mol. The lowest BCUT2D eigenvalue weighted by molar-refractivity contribution is -0.119. The molecule has 0 radical (unpaired) electrons. The Hall–Kier alpha value is -1.03. The van der Waals surface area contributed by atoms with E-state index in [1.807, 2.05) is 13.8 Å². The Morgan fingerprint density at radius 2 is 2.14 bits per heavy atom. The molecular weight excluding hydrogens is 182 g/mol. The second-order valence-corrected chi connectivity index (χ2v) is 4.50. The largest absolute Gasteiger partial charge is 0.387 e. The average Bonchev–Trinajstić information content (AvgIpc) is 1.94. The lowest BCUT2D eigenvalue weighted by atomic mass is 9.74. The van der Waals surface area contributed by atoms with Gasteiger partial charge in [0, 0.05) is 13.3 Å². The monoisotopic (exact) mass is 197 g/mol. The van der Waals surface area contributed by atoms with Crippen LogP contribution in [0, 0.1) is 5.41 Å². The Morgan fingerprint density at radius 1 is 1.57 bits per heavy atom. The number of carbonyl (C=O) groups is 2. The Kier molecular flexibility index (Phi) is 2.85. The second-order valence-electron chi connectivity index (χ2n) is 4.50. The van der Waals surface area contributed by atoms with Crippen LogP contribution in [0.1, 0.15) is 33.6 Å². The highest BCUT2D eigenvalue weighted by Crippen LogP contribution is 2.32. The fourth-order valence-corrected chi connectivity index (χ4v) is 1.71. The van der Waals surface area contributed by atoms with E-state index in [1.54, 1.807) is 0 Å². The summed E-state index contributed by atoms with van der Waals surface area (Å²) in [6.45, 7) is 5.10. The van der Waals surface area contributed by atoms with E-state index in [0.717, 1.165) is 0 Å². The van der Waals surface area contributed by atoms with E-state index in [1.165, 1.54) is 6.92 Å². The van der Waals surface area contributed by atoms with Crippen LogP contribution in [0.25, 0.3) is 0 Å². The van der Waals surface area contributed by atoms with Crippen molar-refractivity contribution in [1.29, 1.82) is 0 Å². The second kappa shape index (κ2) is 3.61. The third-order valence-corrected chi connectivity index (χ3v) is 2.26. The number of aliphatic imine (C=N–C) groups is 1. The van der Waals surface area contributed by atoms with Crippen molar-refractivity contribution >= 4 is 17.4 Å². The van der Waals surface area contributed by atoms with Gasteiger partial charge in [0.25, 0.3) is 0 Å². The van der Waals surface area contributed by atoms with Gasteiger partial charge < -0.3 is 5.11 Å². The molecule has 0 heterocycles. The summed E-state index contributed by atoms with van der Waals surface area (Å²) >= 11 is 0. The molecule has 1 N–H and O–H groups in total. The predicted molar refractivity (Wildman–Crippen MR) is 52.1 cm³/mol. The first kappa shape index (κ1) is 11.0. The molecule has 1 unspecified atom stereocenters. The Balaban J connectivity index is 2.92. The number of aliphatic hydroxyl groups is 1. The topological polar surface area (TPSA) is 66.7 Å². The standard InChI is InChI=1S/C10H15NO3/c1-6(12)11-9-7(13)4-10(2,3)5-8(9)14/h7,13H,4-5H2,1-3H3. The quantitative estimate of drug-likeness (QED) is 0.622. The SMILES string of the molecule is CC(=O)N=C1C(=O)CC(C)(C)CC1O. The van der Waals surface area contributed by atoms with Crippen LogP contribution in [0.15, 0.2) is 4.99 Å². The first-order chi connectivity index (χ1) is 6.32. The number of hydrogen-bond donors (Lipinski definition) is 1. The van der Waals surface area contributed by atoms with E-state index in [9.17, 15) is 14.7 Å². The molecule has 1 amide bonds. The number of nitrogens with zero attached hydrogens (tertiary/aromatic N) is 1. The molecule has 78 valence electrons. The van der Waals surface area contributed by atoms with Gasteiger partial charge in [-0.05, 0) is 11.8 Å². The van der Waals surface area contributed by atoms with E-state index >= 15 is 0 Å². The molecule has 0 aliphatic heterocycles. The minimum atomic E-state index is -0.893. The molecule has 0 bridgehead atoms. The van der Waals surface area contributed by atoms with Crippen LogP contribution in [0.2, 0.25) is 0 Å². The molecule has 1 rings (SSSR count). The van der Waals surface area contributed by atoms with Crippen molar-refractivity contribution in [2.75, 3.05) is 0 Å². The van der Waals surface area contributed by atoms with E-state index in [0.29, 0.717) is 12.8 Å². The normalized spacial score (nSPS) is 29.3. The highest BCUT2D eigenvalue weighted by Gasteiger charge is 2.37. The summed E-state index contributed by atoms with van der Waals surface area (Å²) in [5.74, 6) is -0.656. The lowest BCUT2D eigenvalue weighted by Crippen LogP contribution is -2.41. The molecule has 1 aliphatic rings. The van der Waals surface area contributed by atoms with Gasteiger partial charge in [-0.2, -0.15) is 0 Å². The summed E-state index contributed by atoms with van der Waals surface area (Å²) in [6, 6.07) is 0. The molecule has 4 nitrogen and oxygen atoms in total. The van der Waals surface area contributed by atoms with E-state index < -0.39 is 12.0 Å². The summed E-state index contributed by atoms with van der Waals surface area (Å²) in [6.07, 6.45) is -0.0729. The third-order valence-electron chi connectivity index (χ3n) is 2.26. The van der Waals surface area contributed by atoms with Crippen LogP contribution in [-0.2, 0) is 9.59 Å². The minimum Gasteiger partial charge on any atom is -0.387 e. The molecule has 1 aliphatic carbocycles. The molecule has 0 saturated heterocycles. The lowest BCUT2D eigenvalue weighted by Gasteiger charge is -2.32. The predicted octanol–water partition coefficient (Wildman–Crippen LogP) is 0.724. The smallest absolute Gasteiger partial charge is 0.242 e. The summed E-state index contributed by atoms with van der Waals surface area (Å²) in [5, 5.41) is 9.62. The molecular formula is C10H15NO3. The van der Waals surface area contributed by atoms with Gasteiger partial charge in [-0.3, -0.25) is 9.59 Å². The van der Waals surface area contributed by atoms with Crippen molar-refractivity contribution < 1.29 is 14.7 Å². The van der Waals surface area contributed by atoms with Gasteiger partial charge in [-0.15, -0.1) is 0 Å². The Morgan fingerprint density at radius 3 is 2.57 bits per heavy atom. The fourth-order valence-electron chi connectivity index (χ4n) is 1.71. The van der Waals surface area contributed by atoms with E-state index in [4.69, 9.17) is 0 Å². The maximum Gasteiger partial charge on any atom is 0.242 e. The summed E-state index contributed by atoms with van der Waals surface area (Å²) in [7, 11) is 0. The van der Waals surface area contributed by atoms with Crippen LogP contribution < -0.4 is 0 Å². The van der Waals surface area contributed by atoms with Crippen molar-refractivity contribution in [2.45, 2.75) is 39.7 Å². The van der Waals surface area contributed by atoms with Crippen LogP contribution in [0.4, 0.5) is 0 Å². The van der Waals surface area contributed by atoms with Gasteiger partial charge in [-0.1, -0.05) is 13.8 Å². The van der Waals surface area contributed by atoms with Crippen molar-refractivity contribution in [2.24, 2.45) is 10.4 Å². The molecule has 0 aromatic rings. The van der Waals surface area contributed by atoms with E-state index in [2.05, 4.69) is 4.99 Å². The van der Waals surface area contributed by atoms with Crippen LogP contribution >= 0.6 is 0 Å². The third kappa shape index (κ3) is 2.48. The van der Waals surface area contributed by atoms with Crippen molar-refractivity contribution in [3.63, 3.8) is 0 Å². The zero-order valence-electron chi connectivity index (χ0n) is 8.70. The van der Waals surface area contributed by atoms with Gasteiger partial charge in [0.05, 0.1) is 0 Å². The molecule has 1 fully saturated rings. The summed E-state index contributed by atoms with van der Waals surface area (Å²) < 4.78 is 0. The molecule has 14 heavy (non-hydrogen) atoms. The van der Waals surface area contributed by atoms with Gasteiger partial charge in [0.1, 0.15) is 11.8 Å². The zero-order valence-corrected chi connectivity index (χ0v) is 8.70. The summed E-state index contributed by atoms with van der Waals surface area (Å²) in [4.78, 5) is 25.8. The van der Waals surface area contributed by atoms with Crippen LogP contribution in [0.3, 0.4) is 0 Å². The zero-order chi connectivity index (χ0) is 10.9. The molecule has 4 heteroatoms. The number of amides is 1. The molecule has 0 aromatic carbocycles. The Labute approximate surface area is 83.0 Å². The van der Waals surface area contributed by atoms with Crippen LogP contribution in [0.5, 0.6) is 0 Å². The number of carbonyl (C=O) groups excluding carboxylic acids is 2. The first-order valence-electron chi connectivity index (χ1n) is 4.62. The maximum atomic E-state index is 11.5. The highest BCUT2D eigenvalue weighted by atomic mass is 16.3.